The summed E-state index contributed by atoms with van der Waals surface area (Å²) in [6.07, 6.45) is -0.0567. The number of hydrogen-bond donors (Lipinski definition) is 0. The van der Waals surface area contributed by atoms with Crippen molar-refractivity contribution in [2.24, 2.45) is 0 Å². The first kappa shape index (κ1) is 14.8. The second-order valence-electron chi connectivity index (χ2n) is 4.58. The quantitative estimate of drug-likeness (QED) is 0.644. The van der Waals surface area contributed by atoms with E-state index in [1.165, 1.54) is 0 Å². The van der Waals surface area contributed by atoms with Crippen molar-refractivity contribution < 1.29 is 18.3 Å². The summed E-state index contributed by atoms with van der Waals surface area (Å²) in [7, 11) is 0. The lowest BCUT2D eigenvalue weighted by Crippen LogP contribution is -2.46. The summed E-state index contributed by atoms with van der Waals surface area (Å²) in [5, 5.41) is 0. The number of unbranched alkanes of at least 4 members (excludes halogenated alkanes) is 2. The van der Waals surface area contributed by atoms with Crippen molar-refractivity contribution in [1.82, 2.24) is 0 Å². The summed E-state index contributed by atoms with van der Waals surface area (Å²) in [5.41, 5.74) is 0. The highest BCUT2D eigenvalue weighted by Gasteiger charge is 2.41. The molecule has 0 N–H and O–H groups in total. The number of halogens is 2. The fourth-order valence-corrected chi connectivity index (χ4v) is 2.21. The molecule has 0 aliphatic heterocycles. The molecule has 0 saturated heterocycles. The van der Waals surface area contributed by atoms with Gasteiger partial charge in [-0.15, -0.1) is 0 Å². The van der Waals surface area contributed by atoms with E-state index in [2.05, 4.69) is 6.92 Å². The molecule has 1 saturated carbocycles. The molecule has 4 heteroatoms. The normalized spacial score (nSPS) is 33.9. The van der Waals surface area contributed by atoms with E-state index in [1.807, 2.05) is 0 Å². The van der Waals surface area contributed by atoms with Gasteiger partial charge in [0.15, 0.2) is 12.3 Å². The van der Waals surface area contributed by atoms with Gasteiger partial charge in [0.1, 0.15) is 0 Å². The molecule has 1 fully saturated rings. The highest BCUT2D eigenvalue weighted by atomic mass is 19.2. The molecule has 0 bridgehead atoms. The minimum absolute atomic E-state index is 0.430. The van der Waals surface area contributed by atoms with Crippen LogP contribution in [0.25, 0.3) is 0 Å². The van der Waals surface area contributed by atoms with Gasteiger partial charge in [-0.25, -0.2) is 8.78 Å². The first-order valence-corrected chi connectivity index (χ1v) is 6.72. The van der Waals surface area contributed by atoms with Crippen LogP contribution in [0.1, 0.15) is 46.0 Å². The van der Waals surface area contributed by atoms with Gasteiger partial charge < -0.3 is 9.47 Å². The summed E-state index contributed by atoms with van der Waals surface area (Å²) in [4.78, 5) is 0. The van der Waals surface area contributed by atoms with Crippen molar-refractivity contribution in [3.63, 3.8) is 0 Å². The molecule has 1 rings (SSSR count). The second-order valence-corrected chi connectivity index (χ2v) is 4.58. The molecule has 0 aromatic heterocycles. The van der Waals surface area contributed by atoms with Crippen LogP contribution in [0.2, 0.25) is 0 Å². The number of rotatable bonds is 7. The van der Waals surface area contributed by atoms with Gasteiger partial charge in [-0.2, -0.15) is 0 Å². The predicted molar refractivity (Wildman–Crippen MR) is 63.7 cm³/mol. The molecule has 0 aromatic rings. The van der Waals surface area contributed by atoms with Crippen LogP contribution in [0, 0.1) is 0 Å². The topological polar surface area (TPSA) is 18.5 Å². The third kappa shape index (κ3) is 4.51. The van der Waals surface area contributed by atoms with Gasteiger partial charge in [-0.05, 0) is 26.2 Å². The average Bonchev–Trinajstić information content (AvgIpc) is 2.33. The van der Waals surface area contributed by atoms with Gasteiger partial charge in [-0.1, -0.05) is 19.8 Å². The fraction of sp³-hybridized carbons (Fsp3) is 1.00. The highest BCUT2D eigenvalue weighted by molar-refractivity contribution is 4.89. The van der Waals surface area contributed by atoms with Crippen LogP contribution in [-0.4, -0.2) is 37.8 Å². The molecule has 0 radical (unpaired) electrons. The smallest absolute Gasteiger partial charge is 0.160 e. The molecule has 102 valence electrons. The van der Waals surface area contributed by atoms with Crippen LogP contribution in [0.15, 0.2) is 0 Å². The van der Waals surface area contributed by atoms with Gasteiger partial charge in [0.25, 0.3) is 0 Å². The third-order valence-electron chi connectivity index (χ3n) is 3.21. The van der Waals surface area contributed by atoms with Crippen LogP contribution >= 0.6 is 0 Å². The van der Waals surface area contributed by atoms with Crippen molar-refractivity contribution in [2.75, 3.05) is 13.2 Å². The molecule has 0 amide bonds. The second kappa shape index (κ2) is 7.98. The fourth-order valence-electron chi connectivity index (χ4n) is 2.21. The monoisotopic (exact) mass is 250 g/mol. The Balaban J connectivity index is 2.29. The number of ether oxygens (including phenoxy) is 2. The standard InChI is InChI=1S/C13H24F2O2/c1-3-5-6-9-17-11-8-7-10(16-4-2)12(14)13(11)15/h10-13H,3-9H2,1-2H3. The summed E-state index contributed by atoms with van der Waals surface area (Å²) >= 11 is 0. The minimum Gasteiger partial charge on any atom is -0.375 e. The Morgan fingerprint density at radius 1 is 0.941 bits per heavy atom. The SMILES string of the molecule is CCCCCOC1CCC(OCC)C(F)C1F. The lowest BCUT2D eigenvalue weighted by atomic mass is 9.91. The molecular weight excluding hydrogens is 226 g/mol. The van der Waals surface area contributed by atoms with E-state index in [-0.39, 0.29) is 0 Å². The van der Waals surface area contributed by atoms with Gasteiger partial charge in [0, 0.05) is 13.2 Å². The molecule has 17 heavy (non-hydrogen) atoms. The molecule has 0 spiro atoms. The van der Waals surface area contributed by atoms with Crippen molar-refractivity contribution in [2.45, 2.75) is 70.5 Å². The number of alkyl halides is 2. The lowest BCUT2D eigenvalue weighted by Gasteiger charge is -2.34. The molecule has 1 aliphatic carbocycles. The Labute approximate surface area is 103 Å². The van der Waals surface area contributed by atoms with Crippen LogP contribution in [-0.2, 0) is 9.47 Å². The first-order valence-electron chi connectivity index (χ1n) is 6.72. The zero-order chi connectivity index (χ0) is 12.7. The first-order chi connectivity index (χ1) is 8.20. The summed E-state index contributed by atoms with van der Waals surface area (Å²) in [6, 6.07) is 0. The largest absolute Gasteiger partial charge is 0.375 e. The van der Waals surface area contributed by atoms with E-state index in [0.29, 0.717) is 26.1 Å². The van der Waals surface area contributed by atoms with E-state index in [4.69, 9.17) is 9.47 Å². The van der Waals surface area contributed by atoms with E-state index in [0.717, 1.165) is 19.3 Å². The summed E-state index contributed by atoms with van der Waals surface area (Å²) < 4.78 is 38.0. The van der Waals surface area contributed by atoms with Gasteiger partial charge in [0.2, 0.25) is 0 Å². The van der Waals surface area contributed by atoms with Crippen molar-refractivity contribution >= 4 is 0 Å². The maximum absolute atomic E-state index is 13.7. The van der Waals surface area contributed by atoms with Crippen LogP contribution < -0.4 is 0 Å². The predicted octanol–water partition coefficient (Wildman–Crippen LogP) is 3.44. The maximum atomic E-state index is 13.7. The van der Waals surface area contributed by atoms with E-state index < -0.39 is 24.6 Å². The van der Waals surface area contributed by atoms with E-state index >= 15 is 0 Å². The molecule has 1 aliphatic rings. The lowest BCUT2D eigenvalue weighted by molar-refractivity contribution is -0.116. The van der Waals surface area contributed by atoms with Gasteiger partial charge in [-0.3, -0.25) is 0 Å². The molecule has 0 heterocycles. The highest BCUT2D eigenvalue weighted by Crippen LogP contribution is 2.29. The summed E-state index contributed by atoms with van der Waals surface area (Å²) in [5.74, 6) is 0. The van der Waals surface area contributed by atoms with E-state index in [1.54, 1.807) is 6.92 Å². The third-order valence-corrected chi connectivity index (χ3v) is 3.21. The van der Waals surface area contributed by atoms with Crippen LogP contribution in [0.4, 0.5) is 8.78 Å². The van der Waals surface area contributed by atoms with Crippen LogP contribution in [0.3, 0.4) is 0 Å². The number of hydrogen-bond acceptors (Lipinski definition) is 2. The van der Waals surface area contributed by atoms with Crippen molar-refractivity contribution in [3.05, 3.63) is 0 Å². The minimum atomic E-state index is -1.54. The van der Waals surface area contributed by atoms with Gasteiger partial charge >= 0.3 is 0 Å². The Morgan fingerprint density at radius 2 is 1.53 bits per heavy atom. The Kier molecular flexibility index (Phi) is 6.97. The Hall–Kier alpha value is -0.220. The summed E-state index contributed by atoms with van der Waals surface area (Å²) in [6.45, 7) is 4.86. The zero-order valence-corrected chi connectivity index (χ0v) is 10.8. The zero-order valence-electron chi connectivity index (χ0n) is 10.8. The van der Waals surface area contributed by atoms with Crippen molar-refractivity contribution in [1.29, 1.82) is 0 Å². The molecule has 4 atom stereocenters. The van der Waals surface area contributed by atoms with E-state index in [9.17, 15) is 8.78 Å². The molecule has 0 aromatic carbocycles. The van der Waals surface area contributed by atoms with Crippen molar-refractivity contribution in [3.8, 4) is 0 Å². The average molecular weight is 250 g/mol. The molecule has 2 nitrogen and oxygen atoms in total. The van der Waals surface area contributed by atoms with Crippen LogP contribution in [0.5, 0.6) is 0 Å². The Bertz CT molecular complexity index is 200. The Morgan fingerprint density at radius 3 is 2.06 bits per heavy atom. The molecule has 4 unspecified atom stereocenters. The molecular formula is C13H24F2O2. The maximum Gasteiger partial charge on any atom is 0.160 e. The van der Waals surface area contributed by atoms with Gasteiger partial charge in [0.05, 0.1) is 12.2 Å².